The van der Waals surface area contributed by atoms with Gasteiger partial charge in [0.1, 0.15) is 17.0 Å². The van der Waals surface area contributed by atoms with Crippen LogP contribution in [-0.2, 0) is 16.1 Å². The second-order valence-corrected chi connectivity index (χ2v) is 6.92. The van der Waals surface area contributed by atoms with Gasteiger partial charge in [0.05, 0.1) is 42.0 Å². The molecular formula is C15H16N4O2S2. The highest BCUT2D eigenvalue weighted by Crippen LogP contribution is 2.26. The summed E-state index contributed by atoms with van der Waals surface area (Å²) in [7, 11) is 0. The predicted molar refractivity (Wildman–Crippen MR) is 91.0 cm³/mol. The second-order valence-electron chi connectivity index (χ2n) is 5.31. The Morgan fingerprint density at radius 1 is 1.35 bits per heavy atom. The number of hydrogen-bond acceptors (Lipinski definition) is 8. The lowest BCUT2D eigenvalue weighted by Gasteiger charge is -2.32. The molecule has 2 atom stereocenters. The van der Waals surface area contributed by atoms with E-state index in [1.54, 1.807) is 29.0 Å². The van der Waals surface area contributed by atoms with Crippen LogP contribution in [0.4, 0.5) is 5.82 Å². The fraction of sp³-hybridized carbons (Fsp3) is 0.400. The molecule has 0 aliphatic carbocycles. The van der Waals surface area contributed by atoms with Gasteiger partial charge in [-0.2, -0.15) is 0 Å². The van der Waals surface area contributed by atoms with Gasteiger partial charge in [0.2, 0.25) is 0 Å². The Morgan fingerprint density at radius 2 is 2.35 bits per heavy atom. The van der Waals surface area contributed by atoms with Gasteiger partial charge in [-0.05, 0) is 17.9 Å². The maximum Gasteiger partial charge on any atom is 0.138 e. The molecule has 120 valence electrons. The van der Waals surface area contributed by atoms with Crippen molar-refractivity contribution < 1.29 is 9.47 Å². The van der Waals surface area contributed by atoms with Crippen LogP contribution in [0.1, 0.15) is 12.1 Å². The molecule has 8 heteroatoms. The van der Waals surface area contributed by atoms with E-state index in [1.807, 2.05) is 22.3 Å². The lowest BCUT2D eigenvalue weighted by Crippen LogP contribution is -2.44. The average Bonchev–Trinajstić information content (AvgIpc) is 3.26. The number of thiophene rings is 1. The standard InChI is InChI=1S/C15H16N4O2S2/c1-3-20-6-12(13(1)21-5-10-7-22-9-18-10)19-14-11-2-4-23-15(11)17-8-16-14/h2,4,7-9,12-13H,1,3,5-6H2,(H,16,17,19)/t12-,13+/m1/s1. The number of thiazole rings is 1. The van der Waals surface area contributed by atoms with E-state index in [-0.39, 0.29) is 12.1 Å². The lowest BCUT2D eigenvalue weighted by atomic mass is 10.1. The summed E-state index contributed by atoms with van der Waals surface area (Å²) < 4.78 is 11.7. The molecular weight excluding hydrogens is 332 g/mol. The minimum Gasteiger partial charge on any atom is -0.379 e. The van der Waals surface area contributed by atoms with Gasteiger partial charge in [-0.3, -0.25) is 0 Å². The Bertz CT molecular complexity index is 762. The third-order valence-electron chi connectivity index (χ3n) is 3.81. The fourth-order valence-corrected chi connectivity index (χ4v) is 3.91. The van der Waals surface area contributed by atoms with E-state index in [4.69, 9.17) is 9.47 Å². The number of anilines is 1. The molecule has 23 heavy (non-hydrogen) atoms. The maximum atomic E-state index is 6.07. The molecule has 1 N–H and O–H groups in total. The van der Waals surface area contributed by atoms with Gasteiger partial charge in [-0.15, -0.1) is 22.7 Å². The minimum atomic E-state index is 0.0698. The van der Waals surface area contributed by atoms with Crippen LogP contribution in [0.15, 0.2) is 28.7 Å². The van der Waals surface area contributed by atoms with Crippen molar-refractivity contribution in [2.24, 2.45) is 0 Å². The van der Waals surface area contributed by atoms with Gasteiger partial charge in [-0.1, -0.05) is 0 Å². The molecule has 4 rings (SSSR count). The first-order chi connectivity index (χ1) is 11.4. The summed E-state index contributed by atoms with van der Waals surface area (Å²) in [6.07, 6.45) is 2.53. The number of nitrogens with one attached hydrogen (secondary N) is 1. The molecule has 0 aromatic carbocycles. The van der Waals surface area contributed by atoms with Crippen molar-refractivity contribution in [2.75, 3.05) is 18.5 Å². The first-order valence-corrected chi connectivity index (χ1v) is 9.23. The number of rotatable bonds is 5. The van der Waals surface area contributed by atoms with E-state index in [2.05, 4.69) is 20.3 Å². The van der Waals surface area contributed by atoms with Crippen LogP contribution in [0.3, 0.4) is 0 Å². The second kappa shape index (κ2) is 6.88. The summed E-state index contributed by atoms with van der Waals surface area (Å²) in [5.74, 6) is 0.842. The van der Waals surface area contributed by atoms with Gasteiger partial charge >= 0.3 is 0 Å². The highest BCUT2D eigenvalue weighted by atomic mass is 32.1. The lowest BCUT2D eigenvalue weighted by molar-refractivity contribution is -0.0485. The van der Waals surface area contributed by atoms with Crippen molar-refractivity contribution >= 4 is 38.7 Å². The number of aromatic nitrogens is 3. The van der Waals surface area contributed by atoms with E-state index in [9.17, 15) is 0 Å². The van der Waals surface area contributed by atoms with E-state index in [1.165, 1.54) is 0 Å². The Morgan fingerprint density at radius 3 is 3.26 bits per heavy atom. The largest absolute Gasteiger partial charge is 0.379 e. The van der Waals surface area contributed by atoms with Crippen molar-refractivity contribution in [1.82, 2.24) is 15.0 Å². The molecule has 0 spiro atoms. The van der Waals surface area contributed by atoms with E-state index >= 15 is 0 Å². The highest BCUT2D eigenvalue weighted by Gasteiger charge is 2.27. The molecule has 0 radical (unpaired) electrons. The molecule has 1 aliphatic heterocycles. The summed E-state index contributed by atoms with van der Waals surface area (Å²) in [5.41, 5.74) is 2.80. The average molecular weight is 348 g/mol. The third-order valence-corrected chi connectivity index (χ3v) is 5.26. The number of ether oxygens (including phenoxy) is 2. The van der Waals surface area contributed by atoms with Crippen molar-refractivity contribution in [3.8, 4) is 0 Å². The molecule has 3 aromatic heterocycles. The molecule has 4 heterocycles. The molecule has 1 saturated heterocycles. The first kappa shape index (κ1) is 14.9. The summed E-state index contributed by atoms with van der Waals surface area (Å²) in [4.78, 5) is 13.9. The molecule has 0 amide bonds. The van der Waals surface area contributed by atoms with E-state index in [0.717, 1.165) is 34.8 Å². The zero-order chi connectivity index (χ0) is 15.5. The topological polar surface area (TPSA) is 69.2 Å². The highest BCUT2D eigenvalue weighted by molar-refractivity contribution is 7.16. The van der Waals surface area contributed by atoms with Crippen LogP contribution < -0.4 is 5.32 Å². The van der Waals surface area contributed by atoms with Gasteiger partial charge in [0, 0.05) is 12.0 Å². The summed E-state index contributed by atoms with van der Waals surface area (Å²) in [6, 6.07) is 2.11. The number of fused-ring (bicyclic) bond motifs is 1. The van der Waals surface area contributed by atoms with Crippen LogP contribution in [0, 0.1) is 0 Å². The minimum absolute atomic E-state index is 0.0698. The summed E-state index contributed by atoms with van der Waals surface area (Å²) in [5, 5.41) is 8.56. The Hall–Kier alpha value is -1.61. The van der Waals surface area contributed by atoms with E-state index < -0.39 is 0 Å². The zero-order valence-electron chi connectivity index (χ0n) is 12.3. The smallest absolute Gasteiger partial charge is 0.138 e. The molecule has 1 fully saturated rings. The van der Waals surface area contributed by atoms with Crippen LogP contribution in [0.5, 0.6) is 0 Å². The normalized spacial score (nSPS) is 21.6. The van der Waals surface area contributed by atoms with Crippen molar-refractivity contribution in [2.45, 2.75) is 25.2 Å². The number of hydrogen-bond donors (Lipinski definition) is 1. The van der Waals surface area contributed by atoms with Crippen molar-refractivity contribution in [1.29, 1.82) is 0 Å². The SMILES string of the molecule is c1nc(N[C@@H]2COCC[C@@H]2OCc2cscn2)c2ccsc2n1. The molecule has 6 nitrogen and oxygen atoms in total. The maximum absolute atomic E-state index is 6.07. The molecule has 0 saturated carbocycles. The van der Waals surface area contributed by atoms with Crippen LogP contribution >= 0.6 is 22.7 Å². The third kappa shape index (κ3) is 3.35. The Kier molecular flexibility index (Phi) is 4.47. The van der Waals surface area contributed by atoms with Crippen LogP contribution in [0.2, 0.25) is 0 Å². The van der Waals surface area contributed by atoms with Gasteiger partial charge < -0.3 is 14.8 Å². The fourth-order valence-electron chi connectivity index (χ4n) is 2.63. The Balaban J connectivity index is 1.48. The molecule has 0 bridgehead atoms. The molecule has 1 aliphatic rings. The van der Waals surface area contributed by atoms with Gasteiger partial charge in [0.15, 0.2) is 0 Å². The predicted octanol–water partition coefficient (Wildman–Crippen LogP) is 2.93. The van der Waals surface area contributed by atoms with Gasteiger partial charge in [0.25, 0.3) is 0 Å². The molecule has 3 aromatic rings. The zero-order valence-corrected chi connectivity index (χ0v) is 14.0. The van der Waals surface area contributed by atoms with Crippen molar-refractivity contribution in [3.05, 3.63) is 34.4 Å². The number of nitrogens with zero attached hydrogens (tertiary/aromatic N) is 3. The molecule has 0 unspecified atom stereocenters. The van der Waals surface area contributed by atoms with Crippen LogP contribution in [-0.4, -0.2) is 40.3 Å². The van der Waals surface area contributed by atoms with Crippen molar-refractivity contribution in [3.63, 3.8) is 0 Å². The van der Waals surface area contributed by atoms with Gasteiger partial charge in [-0.25, -0.2) is 15.0 Å². The van der Waals surface area contributed by atoms with Crippen LogP contribution in [0.25, 0.3) is 10.2 Å². The summed E-state index contributed by atoms with van der Waals surface area (Å²) in [6.45, 7) is 1.86. The Labute approximate surface area is 141 Å². The summed E-state index contributed by atoms with van der Waals surface area (Å²) >= 11 is 3.20. The first-order valence-electron chi connectivity index (χ1n) is 7.41. The van der Waals surface area contributed by atoms with E-state index in [0.29, 0.717) is 13.2 Å². The monoisotopic (exact) mass is 348 g/mol. The quantitative estimate of drug-likeness (QED) is 0.764.